The number of nitrogens with zero attached hydrogens (tertiary/aromatic N) is 2. The van der Waals surface area contributed by atoms with Crippen molar-refractivity contribution in [1.82, 2.24) is 10.2 Å². The second-order valence-electron chi connectivity index (χ2n) is 6.48. The largest absolute Gasteiger partial charge is 0.497 e. The SMILES string of the molecule is COc1cccc(-c2nnc(SCC(=O)Nc3cccc(C(=O)OC(C)C)c3)o2)c1. The number of esters is 1. The number of benzene rings is 2. The molecule has 1 N–H and O–H groups in total. The molecule has 0 spiro atoms. The van der Waals surface area contributed by atoms with E-state index in [4.69, 9.17) is 13.9 Å². The van der Waals surface area contributed by atoms with Gasteiger partial charge in [-0.25, -0.2) is 4.79 Å². The number of anilines is 1. The molecule has 9 heteroatoms. The van der Waals surface area contributed by atoms with Crippen LogP contribution in [-0.2, 0) is 9.53 Å². The van der Waals surface area contributed by atoms with Crippen LogP contribution in [0, 0.1) is 0 Å². The van der Waals surface area contributed by atoms with Crippen LogP contribution in [0.3, 0.4) is 0 Å². The van der Waals surface area contributed by atoms with Gasteiger partial charge in [0.1, 0.15) is 5.75 Å². The molecule has 3 aromatic rings. The molecule has 1 heterocycles. The molecule has 3 rings (SSSR count). The molecular weight excluding hydrogens is 406 g/mol. The number of nitrogens with one attached hydrogen (secondary N) is 1. The second kappa shape index (κ2) is 9.93. The number of carbonyl (C=O) groups is 2. The Morgan fingerprint density at radius 1 is 1.13 bits per heavy atom. The first-order valence-electron chi connectivity index (χ1n) is 9.16. The fraction of sp³-hybridized carbons (Fsp3) is 0.238. The molecule has 1 amide bonds. The van der Waals surface area contributed by atoms with Crippen LogP contribution in [0.2, 0.25) is 0 Å². The summed E-state index contributed by atoms with van der Waals surface area (Å²) in [7, 11) is 1.58. The summed E-state index contributed by atoms with van der Waals surface area (Å²) in [5, 5.41) is 11.0. The number of ether oxygens (including phenoxy) is 2. The fourth-order valence-electron chi connectivity index (χ4n) is 2.47. The van der Waals surface area contributed by atoms with Crippen LogP contribution in [0.25, 0.3) is 11.5 Å². The topological polar surface area (TPSA) is 104 Å². The van der Waals surface area contributed by atoms with Gasteiger partial charge in [0.05, 0.1) is 24.5 Å². The maximum atomic E-state index is 12.3. The average Bonchev–Trinajstić information content (AvgIpc) is 3.21. The quantitative estimate of drug-likeness (QED) is 0.424. The lowest BCUT2D eigenvalue weighted by Crippen LogP contribution is -2.15. The Labute approximate surface area is 178 Å². The summed E-state index contributed by atoms with van der Waals surface area (Å²) >= 11 is 1.12. The fourth-order valence-corrected chi connectivity index (χ4v) is 3.03. The monoisotopic (exact) mass is 427 g/mol. The highest BCUT2D eigenvalue weighted by Gasteiger charge is 2.13. The first-order chi connectivity index (χ1) is 14.4. The number of thioether (sulfide) groups is 1. The highest BCUT2D eigenvalue weighted by molar-refractivity contribution is 7.99. The predicted molar refractivity (Wildman–Crippen MR) is 113 cm³/mol. The van der Waals surface area contributed by atoms with Gasteiger partial charge in [-0.3, -0.25) is 4.79 Å². The number of hydrogen-bond donors (Lipinski definition) is 1. The van der Waals surface area contributed by atoms with Crippen LogP contribution in [-0.4, -0.2) is 41.0 Å². The maximum absolute atomic E-state index is 12.3. The minimum atomic E-state index is -0.439. The van der Waals surface area contributed by atoms with Crippen molar-refractivity contribution < 1.29 is 23.5 Å². The van der Waals surface area contributed by atoms with E-state index >= 15 is 0 Å². The second-order valence-corrected chi connectivity index (χ2v) is 7.40. The zero-order chi connectivity index (χ0) is 21.5. The van der Waals surface area contributed by atoms with E-state index in [0.717, 1.165) is 17.3 Å². The molecule has 0 aliphatic carbocycles. The van der Waals surface area contributed by atoms with Crippen molar-refractivity contribution in [1.29, 1.82) is 0 Å². The number of carbonyl (C=O) groups excluding carboxylic acids is 2. The summed E-state index contributed by atoms with van der Waals surface area (Å²) in [5.74, 6) is 0.384. The third-order valence-electron chi connectivity index (χ3n) is 3.77. The van der Waals surface area contributed by atoms with E-state index in [9.17, 15) is 9.59 Å². The van der Waals surface area contributed by atoms with Crippen LogP contribution >= 0.6 is 11.8 Å². The molecule has 0 aliphatic rings. The van der Waals surface area contributed by atoms with Gasteiger partial charge < -0.3 is 19.2 Å². The van der Waals surface area contributed by atoms with Gasteiger partial charge in [0, 0.05) is 11.3 Å². The number of rotatable bonds is 8. The first kappa shape index (κ1) is 21.4. The van der Waals surface area contributed by atoms with Crippen molar-refractivity contribution in [3.8, 4) is 17.2 Å². The minimum Gasteiger partial charge on any atom is -0.497 e. The third-order valence-corrected chi connectivity index (χ3v) is 4.59. The molecule has 0 fully saturated rings. The Kier molecular flexibility index (Phi) is 7.08. The summed E-state index contributed by atoms with van der Waals surface area (Å²) in [4.78, 5) is 24.2. The lowest BCUT2D eigenvalue weighted by atomic mass is 10.2. The van der Waals surface area contributed by atoms with Crippen molar-refractivity contribution in [2.75, 3.05) is 18.2 Å². The smallest absolute Gasteiger partial charge is 0.338 e. The van der Waals surface area contributed by atoms with Gasteiger partial charge in [-0.05, 0) is 50.2 Å². The van der Waals surface area contributed by atoms with E-state index in [2.05, 4.69) is 15.5 Å². The number of amides is 1. The number of methoxy groups -OCH3 is 1. The Bertz CT molecular complexity index is 1030. The van der Waals surface area contributed by atoms with E-state index in [0.29, 0.717) is 22.9 Å². The van der Waals surface area contributed by atoms with Crippen molar-refractivity contribution in [3.05, 3.63) is 54.1 Å². The Morgan fingerprint density at radius 2 is 1.93 bits per heavy atom. The molecule has 0 aliphatic heterocycles. The molecule has 0 unspecified atom stereocenters. The van der Waals surface area contributed by atoms with E-state index in [1.807, 2.05) is 18.2 Å². The Morgan fingerprint density at radius 3 is 2.70 bits per heavy atom. The molecule has 156 valence electrons. The van der Waals surface area contributed by atoms with E-state index in [1.54, 1.807) is 51.3 Å². The molecule has 0 saturated carbocycles. The normalized spacial score (nSPS) is 10.7. The molecule has 1 aromatic heterocycles. The van der Waals surface area contributed by atoms with Crippen molar-refractivity contribution >= 4 is 29.3 Å². The van der Waals surface area contributed by atoms with Gasteiger partial charge in [-0.15, -0.1) is 10.2 Å². The number of aromatic nitrogens is 2. The van der Waals surface area contributed by atoms with Crippen LogP contribution in [0.5, 0.6) is 5.75 Å². The first-order valence-corrected chi connectivity index (χ1v) is 10.1. The highest BCUT2D eigenvalue weighted by atomic mass is 32.2. The number of hydrogen-bond acceptors (Lipinski definition) is 8. The van der Waals surface area contributed by atoms with Crippen molar-refractivity contribution in [2.24, 2.45) is 0 Å². The van der Waals surface area contributed by atoms with E-state index in [-0.39, 0.29) is 23.0 Å². The van der Waals surface area contributed by atoms with Gasteiger partial charge in [-0.2, -0.15) is 0 Å². The molecule has 8 nitrogen and oxygen atoms in total. The predicted octanol–water partition coefficient (Wildman–Crippen LogP) is 4.04. The molecule has 2 aromatic carbocycles. The average molecular weight is 427 g/mol. The van der Waals surface area contributed by atoms with Crippen LogP contribution in [0.4, 0.5) is 5.69 Å². The van der Waals surface area contributed by atoms with Crippen molar-refractivity contribution in [2.45, 2.75) is 25.2 Å². The Hall–Kier alpha value is -3.33. The zero-order valence-electron chi connectivity index (χ0n) is 16.7. The third kappa shape index (κ3) is 5.84. The van der Waals surface area contributed by atoms with Gasteiger partial charge in [0.2, 0.25) is 11.8 Å². The zero-order valence-corrected chi connectivity index (χ0v) is 17.6. The summed E-state index contributed by atoms with van der Waals surface area (Å²) in [5.41, 5.74) is 1.60. The van der Waals surface area contributed by atoms with Gasteiger partial charge in [-0.1, -0.05) is 23.9 Å². The highest BCUT2D eigenvalue weighted by Crippen LogP contribution is 2.26. The van der Waals surface area contributed by atoms with Crippen molar-refractivity contribution in [3.63, 3.8) is 0 Å². The van der Waals surface area contributed by atoms with E-state index in [1.165, 1.54) is 0 Å². The molecule has 0 saturated heterocycles. The molecular formula is C21H21N3O5S. The van der Waals surface area contributed by atoms with Gasteiger partial charge >= 0.3 is 5.97 Å². The summed E-state index contributed by atoms with van der Waals surface area (Å²) in [6, 6.07) is 13.8. The lowest BCUT2D eigenvalue weighted by molar-refractivity contribution is -0.113. The van der Waals surface area contributed by atoms with Crippen LogP contribution in [0.1, 0.15) is 24.2 Å². The molecule has 0 radical (unpaired) electrons. The summed E-state index contributed by atoms with van der Waals surface area (Å²) in [6.07, 6.45) is -0.219. The molecule has 0 atom stereocenters. The minimum absolute atomic E-state index is 0.0699. The van der Waals surface area contributed by atoms with Gasteiger partial charge in [0.25, 0.3) is 5.22 Å². The summed E-state index contributed by atoms with van der Waals surface area (Å²) in [6.45, 7) is 3.55. The molecule has 0 bridgehead atoms. The van der Waals surface area contributed by atoms with Crippen LogP contribution < -0.4 is 10.1 Å². The van der Waals surface area contributed by atoms with Gasteiger partial charge in [0.15, 0.2) is 0 Å². The Balaban J connectivity index is 1.56. The molecule has 30 heavy (non-hydrogen) atoms. The van der Waals surface area contributed by atoms with E-state index < -0.39 is 5.97 Å². The maximum Gasteiger partial charge on any atom is 0.338 e. The van der Waals surface area contributed by atoms with Crippen LogP contribution in [0.15, 0.2) is 58.2 Å². The lowest BCUT2D eigenvalue weighted by Gasteiger charge is -2.09. The summed E-state index contributed by atoms with van der Waals surface area (Å²) < 4.78 is 15.9. The standard InChI is InChI=1S/C21H21N3O5S/c1-13(2)28-20(26)15-7-4-8-16(10-15)22-18(25)12-30-21-24-23-19(29-21)14-6-5-9-17(11-14)27-3/h4-11,13H,12H2,1-3H3,(H,22,25).